The molecule has 1 heterocycles. The van der Waals surface area contributed by atoms with Crippen molar-refractivity contribution < 1.29 is 0 Å². The van der Waals surface area contributed by atoms with E-state index in [1.807, 2.05) is 24.3 Å². The van der Waals surface area contributed by atoms with E-state index in [-0.39, 0.29) is 0 Å². The van der Waals surface area contributed by atoms with E-state index in [0.717, 1.165) is 17.0 Å². The van der Waals surface area contributed by atoms with Crippen molar-refractivity contribution in [1.29, 1.82) is 0 Å². The Morgan fingerprint density at radius 3 is 1.79 bits per heavy atom. The fourth-order valence-electron chi connectivity index (χ4n) is 2.89. The van der Waals surface area contributed by atoms with Gasteiger partial charge in [-0.05, 0) is 28.3 Å². The molecule has 0 atom stereocenters. The third kappa shape index (κ3) is 2.99. The summed E-state index contributed by atoms with van der Waals surface area (Å²) in [6.07, 6.45) is 2.12. The Kier molecular flexibility index (Phi) is 3.95. The van der Waals surface area contributed by atoms with Gasteiger partial charge in [-0.15, -0.1) is 0 Å². The van der Waals surface area contributed by atoms with Gasteiger partial charge >= 0.3 is 0 Å². The summed E-state index contributed by atoms with van der Waals surface area (Å²) in [5.74, 6) is 0. The Morgan fingerprint density at radius 2 is 1.12 bits per heavy atom. The van der Waals surface area contributed by atoms with Crippen LogP contribution in [0.3, 0.4) is 0 Å². The lowest BCUT2D eigenvalue weighted by Gasteiger charge is -2.16. The van der Waals surface area contributed by atoms with Crippen molar-refractivity contribution in [2.45, 2.75) is 0 Å². The largest absolute Gasteiger partial charge is 0.366 e. The van der Waals surface area contributed by atoms with Crippen molar-refractivity contribution in [2.75, 3.05) is 6.67 Å². The van der Waals surface area contributed by atoms with Gasteiger partial charge in [-0.1, -0.05) is 84.9 Å². The second-order valence-electron chi connectivity index (χ2n) is 5.75. The molecule has 24 heavy (non-hydrogen) atoms. The molecule has 0 spiro atoms. The molecule has 0 bridgehead atoms. The third-order valence-electron chi connectivity index (χ3n) is 4.17. The molecule has 0 aromatic heterocycles. The average molecular weight is 310 g/mol. The highest BCUT2D eigenvalue weighted by Crippen LogP contribution is 2.22. The Hall–Kier alpha value is -3.13. The second-order valence-corrected chi connectivity index (χ2v) is 5.75. The zero-order valence-electron chi connectivity index (χ0n) is 13.3. The van der Waals surface area contributed by atoms with Crippen molar-refractivity contribution in [3.63, 3.8) is 0 Å². The molecule has 0 aliphatic carbocycles. The van der Waals surface area contributed by atoms with Crippen LogP contribution < -0.4 is 5.32 Å². The number of benzene rings is 3. The van der Waals surface area contributed by atoms with Crippen molar-refractivity contribution in [2.24, 2.45) is 4.99 Å². The number of nitrogens with zero attached hydrogens (tertiary/aromatic N) is 1. The molecule has 0 amide bonds. The number of allylic oxidation sites excluding steroid dienone is 1. The van der Waals surface area contributed by atoms with Gasteiger partial charge in [0.05, 0.1) is 5.71 Å². The maximum atomic E-state index is 4.57. The minimum absolute atomic E-state index is 0.608. The molecule has 2 nitrogen and oxygen atoms in total. The summed E-state index contributed by atoms with van der Waals surface area (Å²) in [6.45, 7) is 0.608. The van der Waals surface area contributed by atoms with Crippen LogP contribution in [0, 0.1) is 0 Å². The number of aliphatic imine (C=N–C) groups is 1. The van der Waals surface area contributed by atoms with Gasteiger partial charge in [0, 0.05) is 5.70 Å². The molecule has 1 aliphatic heterocycles. The molecule has 2 heteroatoms. The summed E-state index contributed by atoms with van der Waals surface area (Å²) >= 11 is 0. The number of hydrogen-bond donors (Lipinski definition) is 1. The molecule has 3 aromatic rings. The molecule has 0 saturated heterocycles. The quantitative estimate of drug-likeness (QED) is 0.742. The smallest absolute Gasteiger partial charge is 0.108 e. The van der Waals surface area contributed by atoms with Crippen LogP contribution in [0.1, 0.15) is 11.1 Å². The van der Waals surface area contributed by atoms with Crippen LogP contribution in [0.4, 0.5) is 0 Å². The van der Waals surface area contributed by atoms with Gasteiger partial charge in [-0.25, -0.2) is 0 Å². The standard InChI is InChI=1S/C22H18N2/c1-3-7-17(8-4-1)18-11-13-20(14-12-18)22-15-21(23-16-24-22)19-9-5-2-6-10-19/h1-15,24H,16H2. The third-order valence-corrected chi connectivity index (χ3v) is 4.17. The summed E-state index contributed by atoms with van der Waals surface area (Å²) < 4.78 is 0. The van der Waals surface area contributed by atoms with Gasteiger partial charge in [-0.3, -0.25) is 4.99 Å². The van der Waals surface area contributed by atoms with Gasteiger partial charge in [-0.2, -0.15) is 0 Å². The zero-order chi connectivity index (χ0) is 16.2. The fraction of sp³-hybridized carbons (Fsp3) is 0.0455. The summed E-state index contributed by atoms with van der Waals surface area (Å²) in [4.78, 5) is 4.57. The normalized spacial score (nSPS) is 13.7. The van der Waals surface area contributed by atoms with Crippen molar-refractivity contribution in [3.05, 3.63) is 102 Å². The van der Waals surface area contributed by atoms with E-state index < -0.39 is 0 Å². The Morgan fingerprint density at radius 1 is 0.583 bits per heavy atom. The first-order chi connectivity index (χ1) is 11.9. The second kappa shape index (κ2) is 6.55. The van der Waals surface area contributed by atoms with Crippen LogP contribution in [-0.4, -0.2) is 12.4 Å². The molecule has 4 rings (SSSR count). The summed E-state index contributed by atoms with van der Waals surface area (Å²) in [5, 5.41) is 3.37. The minimum Gasteiger partial charge on any atom is -0.366 e. The van der Waals surface area contributed by atoms with Gasteiger partial charge in [0.1, 0.15) is 6.67 Å². The lowest BCUT2D eigenvalue weighted by atomic mass is 10.0. The average Bonchev–Trinajstić information content (AvgIpc) is 2.70. The molecule has 1 aliphatic rings. The van der Waals surface area contributed by atoms with Crippen LogP contribution in [-0.2, 0) is 0 Å². The monoisotopic (exact) mass is 310 g/mol. The summed E-state index contributed by atoms with van der Waals surface area (Å²) in [6, 6.07) is 29.4. The highest BCUT2D eigenvalue weighted by molar-refractivity contribution is 6.12. The molecule has 0 saturated carbocycles. The van der Waals surface area contributed by atoms with E-state index in [2.05, 4.69) is 77.0 Å². The predicted octanol–water partition coefficient (Wildman–Crippen LogP) is 4.74. The molecule has 0 radical (unpaired) electrons. The number of hydrogen-bond acceptors (Lipinski definition) is 2. The maximum absolute atomic E-state index is 4.57. The van der Waals surface area contributed by atoms with E-state index in [1.54, 1.807) is 0 Å². The SMILES string of the molecule is C1=C(c2ccc(-c3ccccc3)cc2)NCN=C1c1ccccc1. The van der Waals surface area contributed by atoms with E-state index in [4.69, 9.17) is 0 Å². The maximum Gasteiger partial charge on any atom is 0.108 e. The Labute approximate surface area is 142 Å². The first kappa shape index (κ1) is 14.5. The van der Waals surface area contributed by atoms with Crippen LogP contribution in [0.2, 0.25) is 0 Å². The first-order valence-corrected chi connectivity index (χ1v) is 8.11. The first-order valence-electron chi connectivity index (χ1n) is 8.11. The molecular weight excluding hydrogens is 292 g/mol. The number of rotatable bonds is 3. The summed E-state index contributed by atoms with van der Waals surface area (Å²) in [5.41, 5.74) is 6.93. The van der Waals surface area contributed by atoms with Gasteiger partial charge < -0.3 is 5.32 Å². The van der Waals surface area contributed by atoms with Gasteiger partial charge in [0.25, 0.3) is 0 Å². The Balaban J connectivity index is 1.62. The van der Waals surface area contributed by atoms with Crippen molar-refractivity contribution >= 4 is 11.4 Å². The molecule has 1 N–H and O–H groups in total. The zero-order valence-corrected chi connectivity index (χ0v) is 13.3. The fourth-order valence-corrected chi connectivity index (χ4v) is 2.89. The minimum atomic E-state index is 0.608. The summed E-state index contributed by atoms with van der Waals surface area (Å²) in [7, 11) is 0. The van der Waals surface area contributed by atoms with Gasteiger partial charge in [0.2, 0.25) is 0 Å². The van der Waals surface area contributed by atoms with E-state index >= 15 is 0 Å². The van der Waals surface area contributed by atoms with Crippen molar-refractivity contribution in [1.82, 2.24) is 5.32 Å². The highest BCUT2D eigenvalue weighted by Gasteiger charge is 2.09. The Bertz CT molecular complexity index is 876. The molecule has 3 aromatic carbocycles. The van der Waals surface area contributed by atoms with Crippen LogP contribution in [0.25, 0.3) is 16.8 Å². The van der Waals surface area contributed by atoms with E-state index in [0.29, 0.717) is 6.67 Å². The predicted molar refractivity (Wildman–Crippen MR) is 101 cm³/mol. The van der Waals surface area contributed by atoms with E-state index in [9.17, 15) is 0 Å². The van der Waals surface area contributed by atoms with E-state index in [1.165, 1.54) is 16.7 Å². The lowest BCUT2D eigenvalue weighted by molar-refractivity contribution is 0.893. The number of nitrogens with one attached hydrogen (secondary N) is 1. The lowest BCUT2D eigenvalue weighted by Crippen LogP contribution is -2.20. The molecule has 0 fully saturated rings. The molecule has 116 valence electrons. The topological polar surface area (TPSA) is 24.4 Å². The van der Waals surface area contributed by atoms with Crippen LogP contribution in [0.15, 0.2) is 96.0 Å². The molecular formula is C22H18N2. The van der Waals surface area contributed by atoms with Gasteiger partial charge in [0.15, 0.2) is 0 Å². The van der Waals surface area contributed by atoms with Crippen molar-refractivity contribution in [3.8, 4) is 11.1 Å². The van der Waals surface area contributed by atoms with Crippen LogP contribution in [0.5, 0.6) is 0 Å². The molecule has 0 unspecified atom stereocenters. The highest BCUT2D eigenvalue weighted by atomic mass is 15.0. The van der Waals surface area contributed by atoms with Crippen LogP contribution >= 0.6 is 0 Å².